The third-order valence-corrected chi connectivity index (χ3v) is 1.06. The number of rotatable bonds is 3. The Hall–Kier alpha value is 1.31. The Bertz CT molecular complexity index is 36.6. The molecule has 3 nitrogen and oxygen atoms in total. The third kappa shape index (κ3) is 349. The van der Waals surface area contributed by atoms with Crippen molar-refractivity contribution in [2.75, 3.05) is 21.3 Å². The third-order valence-electron chi connectivity index (χ3n) is 1.06. The zero-order valence-electron chi connectivity index (χ0n) is 14.7. The van der Waals surface area contributed by atoms with Gasteiger partial charge in [0.15, 0.2) is 0 Å². The van der Waals surface area contributed by atoms with Crippen LogP contribution in [-0.4, -0.2) is 36.6 Å². The van der Waals surface area contributed by atoms with Crippen LogP contribution in [0.4, 0.5) is 0 Å². The summed E-state index contributed by atoms with van der Waals surface area (Å²) in [5.41, 5.74) is 0. The fourth-order valence-corrected chi connectivity index (χ4v) is 0. The summed E-state index contributed by atoms with van der Waals surface area (Å²) in [5.74, 6) is 0. The molecule has 0 spiro atoms. The van der Waals surface area contributed by atoms with Crippen LogP contribution in [0.1, 0.15) is 59.3 Å². The molecule has 3 N–H and O–H groups in total. The average molecular weight is 363 g/mol. The molecule has 0 aromatic carbocycles. The van der Waals surface area contributed by atoms with Crippen LogP contribution in [0.2, 0.25) is 0 Å². The van der Waals surface area contributed by atoms with E-state index in [-0.39, 0.29) is 43.4 Å². The van der Waals surface area contributed by atoms with Crippen molar-refractivity contribution in [3.8, 4) is 0 Å². The fourth-order valence-electron chi connectivity index (χ4n) is 0. The fraction of sp³-hybridized carbons (Fsp3) is 0.800. The SMILES string of the molecule is CO.CO.CO.[CH2-]CCC.[CH2-]CCC.[CH2-]CCC.[Ti+3].[Ti]. The first-order valence-electron chi connectivity index (χ1n) is 6.46. The van der Waals surface area contributed by atoms with E-state index >= 15 is 0 Å². The maximum Gasteiger partial charge on any atom is 3.00 e. The van der Waals surface area contributed by atoms with Gasteiger partial charge in [0.25, 0.3) is 0 Å². The second-order valence-corrected chi connectivity index (χ2v) is 2.56. The smallest absolute Gasteiger partial charge is 0.400 e. The molecule has 0 fully saturated rings. The van der Waals surface area contributed by atoms with Gasteiger partial charge in [-0.15, -0.1) is 0 Å². The van der Waals surface area contributed by atoms with Gasteiger partial charge in [0.05, 0.1) is 0 Å². The van der Waals surface area contributed by atoms with E-state index in [1.54, 1.807) is 0 Å². The minimum atomic E-state index is 0. The molecule has 0 atom stereocenters. The molecule has 0 saturated carbocycles. The molecule has 5 heteroatoms. The Morgan fingerprint density at radius 2 is 0.600 bits per heavy atom. The first-order chi connectivity index (χ1) is 8.74. The van der Waals surface area contributed by atoms with E-state index < -0.39 is 0 Å². The van der Waals surface area contributed by atoms with Crippen molar-refractivity contribution in [2.24, 2.45) is 0 Å². The summed E-state index contributed by atoms with van der Waals surface area (Å²) < 4.78 is 0. The minimum absolute atomic E-state index is 0. The molecule has 125 valence electrons. The largest absolute Gasteiger partial charge is 3.00 e. The molecule has 0 aromatic heterocycles. The molecule has 0 amide bonds. The van der Waals surface area contributed by atoms with Gasteiger partial charge < -0.3 is 36.1 Å². The minimum Gasteiger partial charge on any atom is -0.400 e. The van der Waals surface area contributed by atoms with Gasteiger partial charge in [0, 0.05) is 43.0 Å². The van der Waals surface area contributed by atoms with E-state index in [1.165, 1.54) is 19.3 Å². The molecular weight excluding hydrogens is 324 g/mol. The monoisotopic (exact) mass is 363 g/mol. The van der Waals surface area contributed by atoms with Crippen molar-refractivity contribution in [3.05, 3.63) is 20.8 Å². The number of hydrogen-bond acceptors (Lipinski definition) is 3. The summed E-state index contributed by atoms with van der Waals surface area (Å²) in [7, 11) is 3.00. The zero-order valence-corrected chi connectivity index (χ0v) is 17.8. The molecule has 0 unspecified atom stereocenters. The number of unbranched alkanes of at least 4 members (excludes halogenated alkanes) is 3. The van der Waals surface area contributed by atoms with Crippen molar-refractivity contribution in [3.63, 3.8) is 0 Å². The number of hydrogen-bond donors (Lipinski definition) is 3. The van der Waals surface area contributed by atoms with Gasteiger partial charge in [-0.1, -0.05) is 40.0 Å². The summed E-state index contributed by atoms with van der Waals surface area (Å²) in [4.78, 5) is 0. The maximum atomic E-state index is 7.00. The standard InChI is InChI=1S/3C4H9.3CH4O.2Ti/c3*1-3-4-2;3*1-2;;/h3*1,3-4H2,2H3;3*2H,1H3;;/q3*-1;;;;;+3. The van der Waals surface area contributed by atoms with Crippen molar-refractivity contribution >= 4 is 0 Å². The van der Waals surface area contributed by atoms with Crippen molar-refractivity contribution in [1.29, 1.82) is 0 Å². The molecule has 20 heavy (non-hydrogen) atoms. The van der Waals surface area contributed by atoms with Gasteiger partial charge in [-0.2, -0.15) is 19.3 Å². The zero-order chi connectivity index (χ0) is 16.2. The van der Waals surface area contributed by atoms with Crippen molar-refractivity contribution in [1.82, 2.24) is 0 Å². The summed E-state index contributed by atoms with van der Waals surface area (Å²) in [6.45, 7) is 17.2. The molecule has 0 rings (SSSR count). The van der Waals surface area contributed by atoms with Crippen LogP contribution in [0.3, 0.4) is 0 Å². The van der Waals surface area contributed by atoms with Gasteiger partial charge >= 0.3 is 21.7 Å². The molecule has 0 heterocycles. The van der Waals surface area contributed by atoms with Crippen LogP contribution in [-0.2, 0) is 43.4 Å². The van der Waals surface area contributed by atoms with Crippen LogP contribution in [0, 0.1) is 20.8 Å². The van der Waals surface area contributed by atoms with E-state index in [0.717, 1.165) is 40.6 Å². The quantitative estimate of drug-likeness (QED) is 0.530. The van der Waals surface area contributed by atoms with E-state index in [1.807, 2.05) is 0 Å². The maximum absolute atomic E-state index is 7.00. The van der Waals surface area contributed by atoms with Crippen LogP contribution in [0.5, 0.6) is 0 Å². The van der Waals surface area contributed by atoms with Crippen molar-refractivity contribution < 1.29 is 58.8 Å². The van der Waals surface area contributed by atoms with E-state index in [0.29, 0.717) is 0 Å². The normalized spacial score (nSPS) is 5.40. The van der Waals surface area contributed by atoms with Gasteiger partial charge in [-0.3, -0.25) is 0 Å². The molecular formula is C15H39O3Ti2. The van der Waals surface area contributed by atoms with E-state index in [2.05, 4.69) is 41.5 Å². The Labute approximate surface area is 159 Å². The summed E-state index contributed by atoms with van der Waals surface area (Å²) >= 11 is 0. The topological polar surface area (TPSA) is 60.7 Å². The van der Waals surface area contributed by atoms with Crippen LogP contribution in [0.15, 0.2) is 0 Å². The van der Waals surface area contributed by atoms with Gasteiger partial charge in [0.2, 0.25) is 0 Å². The number of aliphatic hydroxyl groups excluding tert-OH is 3. The Kier molecular flexibility index (Phi) is 352. The predicted octanol–water partition coefficient (Wildman–Crippen LogP) is 3.68. The molecule has 1 radical (unpaired) electrons. The predicted molar refractivity (Wildman–Crippen MR) is 85.2 cm³/mol. The molecule has 0 aromatic rings. The van der Waals surface area contributed by atoms with E-state index in [4.69, 9.17) is 15.3 Å². The second kappa shape index (κ2) is 142. The molecule has 0 saturated heterocycles. The Morgan fingerprint density at radius 3 is 0.600 bits per heavy atom. The van der Waals surface area contributed by atoms with Gasteiger partial charge in [-0.25, -0.2) is 0 Å². The number of aliphatic hydroxyl groups is 3. The molecule has 0 aliphatic carbocycles. The Balaban J connectivity index is -0.0000000146. The summed E-state index contributed by atoms with van der Waals surface area (Å²) in [6.07, 6.45) is 6.83. The molecule has 0 aliphatic rings. The Morgan fingerprint density at radius 1 is 0.550 bits per heavy atom. The van der Waals surface area contributed by atoms with Crippen molar-refractivity contribution in [2.45, 2.75) is 59.3 Å². The van der Waals surface area contributed by atoms with Gasteiger partial charge in [0.1, 0.15) is 0 Å². The van der Waals surface area contributed by atoms with Crippen LogP contribution >= 0.6 is 0 Å². The second-order valence-electron chi connectivity index (χ2n) is 2.56. The van der Waals surface area contributed by atoms with Crippen LogP contribution < -0.4 is 0 Å². The molecule has 0 aliphatic heterocycles. The first-order valence-corrected chi connectivity index (χ1v) is 6.46. The summed E-state index contributed by atoms with van der Waals surface area (Å²) in [5, 5.41) is 21.0. The van der Waals surface area contributed by atoms with Gasteiger partial charge in [-0.05, 0) is 0 Å². The summed E-state index contributed by atoms with van der Waals surface area (Å²) in [6, 6.07) is 0. The first kappa shape index (κ1) is 49.6. The van der Waals surface area contributed by atoms with Crippen LogP contribution in [0.25, 0.3) is 0 Å². The average Bonchev–Trinajstić information content (AvgIpc) is 2.53. The molecule has 0 bridgehead atoms. The van der Waals surface area contributed by atoms with E-state index in [9.17, 15) is 0 Å².